The van der Waals surface area contributed by atoms with Crippen molar-refractivity contribution in [1.82, 2.24) is 0 Å². The highest BCUT2D eigenvalue weighted by atomic mass is 16.6. The quantitative estimate of drug-likeness (QED) is 0.189. The van der Waals surface area contributed by atoms with Gasteiger partial charge in [0.2, 0.25) is 5.52 Å². The molecule has 0 bridgehead atoms. The Bertz CT molecular complexity index is 1550. The second-order valence-electron chi connectivity index (χ2n) is 8.11. The minimum absolute atomic E-state index is 0.0197. The minimum Gasteiger partial charge on any atom is -0.356 e. The van der Waals surface area contributed by atoms with E-state index in [9.17, 15) is 14.9 Å². The normalized spacial score (nSPS) is 10.6. The molecule has 0 aliphatic carbocycles. The van der Waals surface area contributed by atoms with Gasteiger partial charge in [0.1, 0.15) is 0 Å². The molecule has 0 spiro atoms. The summed E-state index contributed by atoms with van der Waals surface area (Å²) in [6, 6.07) is 30.8. The van der Waals surface area contributed by atoms with E-state index >= 15 is 0 Å². The summed E-state index contributed by atoms with van der Waals surface area (Å²) in [7, 11) is 0. The van der Waals surface area contributed by atoms with E-state index in [1.165, 1.54) is 12.1 Å². The molecular weight excluding hydrogens is 454 g/mol. The van der Waals surface area contributed by atoms with Gasteiger partial charge in [-0.1, -0.05) is 24.3 Å². The Balaban J connectivity index is 1.28. The van der Waals surface area contributed by atoms with Crippen molar-refractivity contribution in [3.8, 4) is 0 Å². The Kier molecular flexibility index (Phi) is 6.23. The number of amides is 1. The fourth-order valence-electron chi connectivity index (χ4n) is 3.83. The first-order valence-corrected chi connectivity index (χ1v) is 11.2. The van der Waals surface area contributed by atoms with Crippen molar-refractivity contribution >= 4 is 50.9 Å². The Hall–Kier alpha value is -5.24. The molecule has 176 valence electrons. The second-order valence-corrected chi connectivity index (χ2v) is 8.11. The zero-order valence-electron chi connectivity index (χ0n) is 19.1. The number of rotatable bonds is 7. The average Bonchev–Trinajstić information content (AvgIpc) is 2.90. The van der Waals surface area contributed by atoms with Crippen molar-refractivity contribution < 1.29 is 14.7 Å². The number of non-ortho nitro benzene ring substituents is 1. The van der Waals surface area contributed by atoms with Crippen LogP contribution in [0.2, 0.25) is 0 Å². The molecule has 0 saturated heterocycles. The van der Waals surface area contributed by atoms with Crippen LogP contribution < -0.4 is 20.9 Å². The number of benzene rings is 4. The van der Waals surface area contributed by atoms with E-state index in [0.717, 1.165) is 28.3 Å². The maximum absolute atomic E-state index is 12.8. The number of H-pyrrole nitrogens is 1. The molecule has 0 unspecified atom stereocenters. The van der Waals surface area contributed by atoms with Crippen LogP contribution in [0.25, 0.3) is 10.9 Å². The van der Waals surface area contributed by atoms with E-state index in [1.54, 1.807) is 36.5 Å². The number of carbonyl (C=O) groups is 1. The van der Waals surface area contributed by atoms with Crippen molar-refractivity contribution in [2.45, 2.75) is 0 Å². The van der Waals surface area contributed by atoms with Gasteiger partial charge in [0.25, 0.3) is 11.6 Å². The summed E-state index contributed by atoms with van der Waals surface area (Å²) in [5.41, 5.74) is 5.25. The Labute approximate surface area is 206 Å². The van der Waals surface area contributed by atoms with Gasteiger partial charge in [-0.3, -0.25) is 14.9 Å². The maximum Gasteiger partial charge on any atom is 0.270 e. The third kappa shape index (κ3) is 5.13. The highest BCUT2D eigenvalue weighted by molar-refractivity contribution is 6.05. The largest absolute Gasteiger partial charge is 0.356 e. The minimum atomic E-state index is -0.416. The van der Waals surface area contributed by atoms with E-state index in [0.29, 0.717) is 16.6 Å². The van der Waals surface area contributed by atoms with Crippen LogP contribution in [0.15, 0.2) is 109 Å². The summed E-state index contributed by atoms with van der Waals surface area (Å²) in [6.45, 7) is 0. The molecule has 0 aliphatic heterocycles. The van der Waals surface area contributed by atoms with Crippen LogP contribution in [-0.4, -0.2) is 10.8 Å². The number of para-hydroxylation sites is 1. The summed E-state index contributed by atoms with van der Waals surface area (Å²) in [6.07, 6.45) is 1.77. The molecule has 5 aromatic rings. The van der Waals surface area contributed by atoms with Crippen LogP contribution in [0.1, 0.15) is 10.4 Å². The molecule has 1 heterocycles. The maximum atomic E-state index is 12.8. The molecule has 4 N–H and O–H groups in total. The van der Waals surface area contributed by atoms with Crippen molar-refractivity contribution in [3.05, 3.63) is 125 Å². The fourth-order valence-corrected chi connectivity index (χ4v) is 3.83. The number of nitro groups is 1. The van der Waals surface area contributed by atoms with Gasteiger partial charge in [0.15, 0.2) is 6.20 Å². The van der Waals surface area contributed by atoms with Gasteiger partial charge in [-0.2, -0.15) is 0 Å². The Morgan fingerprint density at radius 2 is 1.44 bits per heavy atom. The van der Waals surface area contributed by atoms with Crippen LogP contribution in [-0.2, 0) is 0 Å². The van der Waals surface area contributed by atoms with Crippen LogP contribution in [0.5, 0.6) is 0 Å². The zero-order valence-corrected chi connectivity index (χ0v) is 19.1. The van der Waals surface area contributed by atoms with Gasteiger partial charge in [-0.15, -0.1) is 0 Å². The van der Waals surface area contributed by atoms with E-state index in [2.05, 4.69) is 20.9 Å². The van der Waals surface area contributed by atoms with Gasteiger partial charge in [0, 0.05) is 52.6 Å². The average molecular weight is 477 g/mol. The zero-order chi connectivity index (χ0) is 24.9. The van der Waals surface area contributed by atoms with Crippen molar-refractivity contribution in [1.29, 1.82) is 0 Å². The highest BCUT2D eigenvalue weighted by Gasteiger charge is 2.13. The molecule has 5 rings (SSSR count). The summed E-state index contributed by atoms with van der Waals surface area (Å²) in [5, 5.41) is 21.4. The number of aromatic amines is 1. The molecule has 0 atom stereocenters. The van der Waals surface area contributed by atoms with Gasteiger partial charge in [0.05, 0.1) is 16.0 Å². The number of nitro benzene ring substituents is 1. The third-order valence-corrected chi connectivity index (χ3v) is 5.60. The molecule has 36 heavy (non-hydrogen) atoms. The first-order chi connectivity index (χ1) is 17.5. The molecule has 8 heteroatoms. The van der Waals surface area contributed by atoms with Gasteiger partial charge < -0.3 is 16.0 Å². The lowest BCUT2D eigenvalue weighted by molar-refractivity contribution is -0.385. The molecule has 1 aromatic heterocycles. The smallest absolute Gasteiger partial charge is 0.270 e. The highest BCUT2D eigenvalue weighted by Crippen LogP contribution is 2.28. The fraction of sp³-hybridized carbons (Fsp3) is 0. The molecule has 0 aliphatic rings. The molecule has 8 nitrogen and oxygen atoms in total. The topological polar surface area (TPSA) is 110 Å². The van der Waals surface area contributed by atoms with Gasteiger partial charge >= 0.3 is 0 Å². The standard InChI is InChI=1S/C28H21N5O3/c34-28(19-5-4-8-23(17-19)30-20-6-2-1-3-7-20)32-22-11-9-21(10-12-22)31-27-15-16-29-26-14-13-24(33(35)36)18-25(26)27/h1-18,30H,(H,29,31)(H,32,34)/p+1. The van der Waals surface area contributed by atoms with Gasteiger partial charge in [-0.25, -0.2) is 4.98 Å². The van der Waals surface area contributed by atoms with E-state index in [-0.39, 0.29) is 11.6 Å². The van der Waals surface area contributed by atoms with Crippen molar-refractivity contribution in [3.63, 3.8) is 0 Å². The summed E-state index contributed by atoms with van der Waals surface area (Å²) >= 11 is 0. The number of hydrogen-bond donors (Lipinski definition) is 3. The molecule has 1 amide bonds. The second kappa shape index (κ2) is 9.94. The lowest BCUT2D eigenvalue weighted by Gasteiger charge is -2.11. The SMILES string of the molecule is O=C(Nc1ccc(Nc2cc[nH+]c3ccc([N+](=O)[O-])cc23)cc1)c1cccc(Nc2ccccc2)c1. The number of hydrogen-bond acceptors (Lipinski definition) is 5. The van der Waals surface area contributed by atoms with Crippen molar-refractivity contribution in [2.75, 3.05) is 16.0 Å². The Morgan fingerprint density at radius 3 is 2.22 bits per heavy atom. The number of anilines is 5. The number of carbonyl (C=O) groups excluding carboxylic acids is 1. The molecule has 0 fully saturated rings. The first-order valence-electron chi connectivity index (χ1n) is 11.2. The monoisotopic (exact) mass is 476 g/mol. The number of pyridine rings is 1. The molecule has 4 aromatic carbocycles. The summed E-state index contributed by atoms with van der Waals surface area (Å²) in [5.74, 6) is -0.218. The summed E-state index contributed by atoms with van der Waals surface area (Å²) in [4.78, 5) is 26.7. The van der Waals surface area contributed by atoms with E-state index in [4.69, 9.17) is 0 Å². The lowest BCUT2D eigenvalue weighted by Crippen LogP contribution is -2.12. The predicted octanol–water partition coefficient (Wildman–Crippen LogP) is 6.30. The van der Waals surface area contributed by atoms with Crippen LogP contribution in [0.4, 0.5) is 34.1 Å². The number of fused-ring (bicyclic) bond motifs is 1. The number of aromatic nitrogens is 1. The molecule has 0 radical (unpaired) electrons. The predicted molar refractivity (Wildman–Crippen MR) is 141 cm³/mol. The van der Waals surface area contributed by atoms with Gasteiger partial charge in [-0.05, 0) is 54.6 Å². The number of nitrogens with one attached hydrogen (secondary N) is 4. The summed E-state index contributed by atoms with van der Waals surface area (Å²) < 4.78 is 0. The molecular formula is C28H22N5O3+. The number of nitrogens with zero attached hydrogens (tertiary/aromatic N) is 1. The van der Waals surface area contributed by atoms with Crippen LogP contribution in [0.3, 0.4) is 0 Å². The van der Waals surface area contributed by atoms with Crippen LogP contribution in [0, 0.1) is 10.1 Å². The van der Waals surface area contributed by atoms with E-state index < -0.39 is 4.92 Å². The first kappa shape index (κ1) is 22.5. The third-order valence-electron chi connectivity index (χ3n) is 5.60. The Morgan fingerprint density at radius 1 is 0.722 bits per heavy atom. The van der Waals surface area contributed by atoms with Crippen LogP contribution >= 0.6 is 0 Å². The lowest BCUT2D eigenvalue weighted by atomic mass is 10.1. The molecule has 0 saturated carbocycles. The van der Waals surface area contributed by atoms with E-state index in [1.807, 2.05) is 60.7 Å². The van der Waals surface area contributed by atoms with Crippen molar-refractivity contribution in [2.24, 2.45) is 0 Å².